The zero-order chi connectivity index (χ0) is 12.1. The first-order chi connectivity index (χ1) is 8.28. The van der Waals surface area contributed by atoms with Gasteiger partial charge in [0, 0.05) is 24.4 Å². The predicted molar refractivity (Wildman–Crippen MR) is 60.4 cm³/mol. The smallest absolute Gasteiger partial charge is 0.213 e. The first-order valence-corrected chi connectivity index (χ1v) is 5.25. The zero-order valence-electron chi connectivity index (χ0n) is 9.80. The third-order valence-corrected chi connectivity index (χ3v) is 2.21. The number of nitrogens with zero attached hydrogens (tertiary/aromatic N) is 3. The normalized spacial score (nSPS) is 10.5. The highest BCUT2D eigenvalue weighted by atomic mass is 16.5. The molecule has 0 fully saturated rings. The van der Waals surface area contributed by atoms with Crippen molar-refractivity contribution in [2.45, 2.75) is 20.0 Å². The molecule has 0 aromatic carbocycles. The Morgan fingerprint density at radius 2 is 2.24 bits per heavy atom. The van der Waals surface area contributed by atoms with Gasteiger partial charge in [-0.25, -0.2) is 0 Å². The molecular formula is C11H14N4O2. The highest BCUT2D eigenvalue weighted by Gasteiger charge is 2.02. The van der Waals surface area contributed by atoms with E-state index in [9.17, 15) is 0 Å². The molecule has 2 aromatic rings. The minimum atomic E-state index is 0.550. The fourth-order valence-corrected chi connectivity index (χ4v) is 1.48. The van der Waals surface area contributed by atoms with Crippen LogP contribution in [0.3, 0.4) is 0 Å². The van der Waals surface area contributed by atoms with Crippen molar-refractivity contribution in [1.82, 2.24) is 20.4 Å². The highest BCUT2D eigenvalue weighted by molar-refractivity contribution is 5.26. The summed E-state index contributed by atoms with van der Waals surface area (Å²) in [5.74, 6) is 1.44. The molecule has 1 N–H and O–H groups in total. The van der Waals surface area contributed by atoms with Gasteiger partial charge in [0.25, 0.3) is 0 Å². The maximum Gasteiger partial charge on any atom is 0.213 e. The number of rotatable bonds is 5. The molecule has 0 atom stereocenters. The average molecular weight is 234 g/mol. The molecule has 0 unspecified atom stereocenters. The summed E-state index contributed by atoms with van der Waals surface area (Å²) in [6.07, 6.45) is 1.31. The van der Waals surface area contributed by atoms with E-state index in [0.29, 0.717) is 18.9 Å². The van der Waals surface area contributed by atoms with Crippen LogP contribution in [0.15, 0.2) is 23.0 Å². The van der Waals surface area contributed by atoms with Gasteiger partial charge >= 0.3 is 0 Å². The number of hydrogen-bond donors (Lipinski definition) is 1. The van der Waals surface area contributed by atoms with Crippen molar-refractivity contribution in [3.8, 4) is 5.75 Å². The molecule has 6 nitrogen and oxygen atoms in total. The van der Waals surface area contributed by atoms with Crippen molar-refractivity contribution in [3.63, 3.8) is 0 Å². The van der Waals surface area contributed by atoms with E-state index in [1.54, 1.807) is 7.11 Å². The molecule has 2 rings (SSSR count). The summed E-state index contributed by atoms with van der Waals surface area (Å²) >= 11 is 0. The van der Waals surface area contributed by atoms with E-state index in [-0.39, 0.29) is 0 Å². The van der Waals surface area contributed by atoms with Gasteiger partial charge in [-0.05, 0) is 6.92 Å². The molecule has 6 heteroatoms. The van der Waals surface area contributed by atoms with Crippen molar-refractivity contribution < 1.29 is 9.26 Å². The summed E-state index contributed by atoms with van der Waals surface area (Å²) in [5, 5.41) is 6.88. The van der Waals surface area contributed by atoms with E-state index in [1.165, 1.54) is 6.39 Å². The quantitative estimate of drug-likeness (QED) is 0.834. The van der Waals surface area contributed by atoms with Crippen LogP contribution in [-0.4, -0.2) is 22.2 Å². The van der Waals surface area contributed by atoms with Crippen LogP contribution < -0.4 is 10.1 Å². The van der Waals surface area contributed by atoms with Crippen LogP contribution in [0.4, 0.5) is 0 Å². The highest BCUT2D eigenvalue weighted by Crippen LogP contribution is 2.13. The molecule has 0 aliphatic carbocycles. The van der Waals surface area contributed by atoms with E-state index in [2.05, 4.69) is 25.0 Å². The lowest BCUT2D eigenvalue weighted by atomic mass is 10.3. The summed E-state index contributed by atoms with van der Waals surface area (Å²) < 4.78 is 9.82. The van der Waals surface area contributed by atoms with Crippen molar-refractivity contribution in [2.75, 3.05) is 7.11 Å². The van der Waals surface area contributed by atoms with E-state index >= 15 is 0 Å². The maximum absolute atomic E-state index is 5.18. The minimum Gasteiger partial charge on any atom is -0.497 e. The lowest BCUT2D eigenvalue weighted by molar-refractivity contribution is 0.406. The number of aryl methyl sites for hydroxylation is 1. The molecule has 0 spiro atoms. The molecule has 0 aliphatic rings. The molecule has 0 radical (unpaired) electrons. The Kier molecular flexibility index (Phi) is 3.66. The van der Waals surface area contributed by atoms with Crippen LogP contribution in [0.25, 0.3) is 0 Å². The first-order valence-electron chi connectivity index (χ1n) is 5.25. The second kappa shape index (κ2) is 5.40. The van der Waals surface area contributed by atoms with Crippen LogP contribution in [0.5, 0.6) is 5.75 Å². The number of methoxy groups -OCH3 is 1. The SMILES string of the molecule is COc1cc(C)nc(CNCc2ncon2)c1. The van der Waals surface area contributed by atoms with Gasteiger partial charge in [-0.2, -0.15) is 4.98 Å². The van der Waals surface area contributed by atoms with Crippen molar-refractivity contribution >= 4 is 0 Å². The van der Waals surface area contributed by atoms with E-state index in [1.807, 2.05) is 19.1 Å². The Balaban J connectivity index is 1.92. The van der Waals surface area contributed by atoms with Gasteiger partial charge in [0.2, 0.25) is 6.39 Å². The van der Waals surface area contributed by atoms with Crippen LogP contribution in [0, 0.1) is 6.92 Å². The molecule has 0 bridgehead atoms. The zero-order valence-corrected chi connectivity index (χ0v) is 9.80. The first kappa shape index (κ1) is 11.5. The molecule has 0 amide bonds. The minimum absolute atomic E-state index is 0.550. The Labute approximate surface area is 99.0 Å². The van der Waals surface area contributed by atoms with Crippen LogP contribution >= 0.6 is 0 Å². The Morgan fingerprint density at radius 1 is 1.35 bits per heavy atom. The summed E-state index contributed by atoms with van der Waals surface area (Å²) in [6.45, 7) is 3.12. The van der Waals surface area contributed by atoms with Gasteiger partial charge < -0.3 is 14.6 Å². The largest absolute Gasteiger partial charge is 0.497 e. The van der Waals surface area contributed by atoms with Gasteiger partial charge in [-0.3, -0.25) is 4.98 Å². The molecular weight excluding hydrogens is 220 g/mol. The molecule has 17 heavy (non-hydrogen) atoms. The van der Waals surface area contributed by atoms with Gasteiger partial charge in [0.05, 0.1) is 19.3 Å². The van der Waals surface area contributed by atoms with Crippen LogP contribution in [0.1, 0.15) is 17.2 Å². The third-order valence-electron chi connectivity index (χ3n) is 2.21. The molecule has 2 aromatic heterocycles. The summed E-state index contributed by atoms with van der Waals surface area (Å²) in [7, 11) is 1.64. The Morgan fingerprint density at radius 3 is 2.94 bits per heavy atom. The topological polar surface area (TPSA) is 73.1 Å². The van der Waals surface area contributed by atoms with Crippen LogP contribution in [0.2, 0.25) is 0 Å². The van der Waals surface area contributed by atoms with Crippen molar-refractivity contribution in [3.05, 3.63) is 35.7 Å². The predicted octanol–water partition coefficient (Wildman–Crippen LogP) is 1.07. The summed E-state index contributed by atoms with van der Waals surface area (Å²) in [5.41, 5.74) is 1.85. The fourth-order valence-electron chi connectivity index (χ4n) is 1.48. The van der Waals surface area contributed by atoms with Gasteiger partial charge in [0.1, 0.15) is 5.75 Å². The molecule has 90 valence electrons. The molecule has 0 saturated heterocycles. The average Bonchev–Trinajstić information content (AvgIpc) is 2.81. The second-order valence-corrected chi connectivity index (χ2v) is 3.59. The summed E-state index contributed by atoms with van der Waals surface area (Å²) in [6, 6.07) is 3.79. The third kappa shape index (κ3) is 3.25. The number of hydrogen-bond acceptors (Lipinski definition) is 6. The fraction of sp³-hybridized carbons (Fsp3) is 0.364. The molecule has 0 aliphatic heterocycles. The van der Waals surface area contributed by atoms with E-state index in [4.69, 9.17) is 4.74 Å². The number of nitrogens with one attached hydrogen (secondary N) is 1. The molecule has 2 heterocycles. The van der Waals surface area contributed by atoms with Gasteiger partial charge in [0.15, 0.2) is 5.82 Å². The van der Waals surface area contributed by atoms with Crippen LogP contribution in [-0.2, 0) is 13.1 Å². The number of ether oxygens (including phenoxy) is 1. The maximum atomic E-state index is 5.18. The number of aromatic nitrogens is 3. The van der Waals surface area contributed by atoms with Gasteiger partial charge in [-0.15, -0.1) is 0 Å². The Bertz CT molecular complexity index is 470. The molecule has 0 saturated carbocycles. The lowest BCUT2D eigenvalue weighted by Crippen LogP contribution is -2.15. The summed E-state index contributed by atoms with van der Waals surface area (Å²) in [4.78, 5) is 8.31. The van der Waals surface area contributed by atoms with Crippen molar-refractivity contribution in [1.29, 1.82) is 0 Å². The Hall–Kier alpha value is -1.95. The second-order valence-electron chi connectivity index (χ2n) is 3.59. The lowest BCUT2D eigenvalue weighted by Gasteiger charge is -2.06. The standard InChI is InChI=1S/C11H14N4O2/c1-8-3-10(16-2)4-9(14-8)5-12-6-11-13-7-17-15-11/h3-4,7,12H,5-6H2,1-2H3. The van der Waals surface area contributed by atoms with E-state index in [0.717, 1.165) is 17.1 Å². The van der Waals surface area contributed by atoms with Gasteiger partial charge in [-0.1, -0.05) is 5.16 Å². The van der Waals surface area contributed by atoms with E-state index < -0.39 is 0 Å². The number of pyridine rings is 1. The monoisotopic (exact) mass is 234 g/mol. The van der Waals surface area contributed by atoms with Crippen molar-refractivity contribution in [2.24, 2.45) is 0 Å².